The quantitative estimate of drug-likeness (QED) is 0.469. The summed E-state index contributed by atoms with van der Waals surface area (Å²) in [5.41, 5.74) is 0.0220. The molecular weight excluding hydrogens is 154 g/mol. The highest BCUT2D eigenvalue weighted by molar-refractivity contribution is 5.81. The first kappa shape index (κ1) is 9.32. The van der Waals surface area contributed by atoms with Gasteiger partial charge in [-0.1, -0.05) is 0 Å². The average molecular weight is 171 g/mol. The maximum absolute atomic E-state index is 9.13. The fourth-order valence-corrected chi connectivity index (χ4v) is 0.971. The van der Waals surface area contributed by atoms with Gasteiger partial charge < -0.3 is 15.7 Å². The Morgan fingerprint density at radius 3 is 2.67 bits per heavy atom. The second-order valence-corrected chi connectivity index (χ2v) is 4.10. The standard InChI is InChI=1S/C8H17N3O/c1-8(2,3)11-7-9-4-6(12)5-10-7/h6,12H,4-5H2,1-3H3,(H2,9,10,11). The molecule has 0 spiro atoms. The minimum atomic E-state index is -0.337. The van der Waals surface area contributed by atoms with Crippen molar-refractivity contribution in [1.82, 2.24) is 10.6 Å². The highest BCUT2D eigenvalue weighted by Gasteiger charge is 2.16. The number of β-amino-alcohol motifs (C(OH)–C–C–N with tert-alkyl or cyclic N) is 1. The third-order valence-electron chi connectivity index (χ3n) is 1.46. The van der Waals surface area contributed by atoms with Gasteiger partial charge in [-0.25, -0.2) is 0 Å². The highest BCUT2D eigenvalue weighted by atomic mass is 16.3. The van der Waals surface area contributed by atoms with Gasteiger partial charge in [-0.05, 0) is 20.8 Å². The molecule has 0 saturated carbocycles. The van der Waals surface area contributed by atoms with Crippen LogP contribution >= 0.6 is 0 Å². The molecular formula is C8H17N3O. The van der Waals surface area contributed by atoms with E-state index in [4.69, 9.17) is 5.11 Å². The van der Waals surface area contributed by atoms with E-state index in [2.05, 4.69) is 36.4 Å². The van der Waals surface area contributed by atoms with Crippen molar-refractivity contribution >= 4 is 5.96 Å². The summed E-state index contributed by atoms with van der Waals surface area (Å²) in [5, 5.41) is 15.3. The lowest BCUT2D eigenvalue weighted by Gasteiger charge is -2.27. The van der Waals surface area contributed by atoms with Gasteiger partial charge in [0.2, 0.25) is 0 Å². The van der Waals surface area contributed by atoms with Crippen molar-refractivity contribution in [2.45, 2.75) is 32.4 Å². The Bertz CT molecular complexity index is 183. The van der Waals surface area contributed by atoms with Gasteiger partial charge in [-0.3, -0.25) is 4.99 Å². The van der Waals surface area contributed by atoms with E-state index in [1.54, 1.807) is 0 Å². The first-order valence-corrected chi connectivity index (χ1v) is 4.22. The molecule has 0 fully saturated rings. The number of guanidine groups is 1. The van der Waals surface area contributed by atoms with Crippen LogP contribution < -0.4 is 10.6 Å². The number of nitrogens with zero attached hydrogens (tertiary/aromatic N) is 1. The molecule has 70 valence electrons. The molecule has 3 N–H and O–H groups in total. The van der Waals surface area contributed by atoms with Crippen molar-refractivity contribution in [2.24, 2.45) is 4.99 Å². The zero-order chi connectivity index (χ0) is 9.19. The van der Waals surface area contributed by atoms with Crippen LogP contribution in [0, 0.1) is 0 Å². The average Bonchev–Trinajstić information content (AvgIpc) is 1.91. The zero-order valence-electron chi connectivity index (χ0n) is 7.89. The lowest BCUT2D eigenvalue weighted by molar-refractivity contribution is 0.180. The number of hydrogen-bond acceptors (Lipinski definition) is 4. The highest BCUT2D eigenvalue weighted by Crippen LogP contribution is 1.99. The third kappa shape index (κ3) is 3.09. The van der Waals surface area contributed by atoms with Crippen LogP contribution in [0.2, 0.25) is 0 Å². The fraction of sp³-hybridized carbons (Fsp3) is 0.875. The Kier molecular flexibility index (Phi) is 2.57. The Morgan fingerprint density at radius 2 is 2.25 bits per heavy atom. The van der Waals surface area contributed by atoms with Crippen LogP contribution in [0.3, 0.4) is 0 Å². The summed E-state index contributed by atoms with van der Waals surface area (Å²) in [7, 11) is 0. The van der Waals surface area contributed by atoms with E-state index in [0.29, 0.717) is 13.1 Å². The summed E-state index contributed by atoms with van der Waals surface area (Å²) in [6.07, 6.45) is -0.337. The Morgan fingerprint density at radius 1 is 1.58 bits per heavy atom. The van der Waals surface area contributed by atoms with Crippen molar-refractivity contribution in [2.75, 3.05) is 13.1 Å². The maximum Gasteiger partial charge on any atom is 0.191 e. The monoisotopic (exact) mass is 171 g/mol. The minimum absolute atomic E-state index is 0.0220. The lowest BCUT2D eigenvalue weighted by atomic mass is 10.1. The van der Waals surface area contributed by atoms with E-state index >= 15 is 0 Å². The normalized spacial score (nSPS) is 24.3. The summed E-state index contributed by atoms with van der Waals surface area (Å²) in [4.78, 5) is 4.14. The molecule has 1 rings (SSSR count). The molecule has 0 bridgehead atoms. The van der Waals surface area contributed by atoms with E-state index in [1.165, 1.54) is 0 Å². The van der Waals surface area contributed by atoms with Crippen LogP contribution in [-0.4, -0.2) is 35.8 Å². The van der Waals surface area contributed by atoms with E-state index in [1.807, 2.05) is 0 Å². The molecule has 0 saturated heterocycles. The SMILES string of the molecule is CC(C)(C)NC1=NCC(O)CN1. The molecule has 0 amide bonds. The fourth-order valence-electron chi connectivity index (χ4n) is 0.971. The molecule has 0 aromatic rings. The number of aliphatic imine (C=N–C) groups is 1. The summed E-state index contributed by atoms with van der Waals surface area (Å²) in [6.45, 7) is 7.29. The predicted octanol–water partition coefficient (Wildman–Crippen LogP) is -0.305. The van der Waals surface area contributed by atoms with Crippen LogP contribution in [0.5, 0.6) is 0 Å². The molecule has 0 aromatic carbocycles. The zero-order valence-corrected chi connectivity index (χ0v) is 7.89. The van der Waals surface area contributed by atoms with Gasteiger partial charge in [-0.15, -0.1) is 0 Å². The first-order valence-electron chi connectivity index (χ1n) is 4.22. The second kappa shape index (κ2) is 3.31. The van der Waals surface area contributed by atoms with E-state index < -0.39 is 0 Å². The van der Waals surface area contributed by atoms with Crippen molar-refractivity contribution in [3.05, 3.63) is 0 Å². The summed E-state index contributed by atoms with van der Waals surface area (Å²) < 4.78 is 0. The molecule has 12 heavy (non-hydrogen) atoms. The number of nitrogens with one attached hydrogen (secondary N) is 2. The Balaban J connectivity index is 2.44. The van der Waals surface area contributed by atoms with Crippen molar-refractivity contribution < 1.29 is 5.11 Å². The Labute approximate surface area is 73.1 Å². The summed E-state index contributed by atoms with van der Waals surface area (Å²) in [5.74, 6) is 0.785. The first-order chi connectivity index (χ1) is 5.47. The van der Waals surface area contributed by atoms with Crippen LogP contribution in [-0.2, 0) is 0 Å². The number of rotatable bonds is 0. The van der Waals surface area contributed by atoms with Gasteiger partial charge in [0.1, 0.15) is 0 Å². The van der Waals surface area contributed by atoms with Crippen molar-refractivity contribution in [3.63, 3.8) is 0 Å². The molecule has 1 aliphatic heterocycles. The molecule has 4 nitrogen and oxygen atoms in total. The molecule has 0 aromatic heterocycles. The van der Waals surface area contributed by atoms with Crippen LogP contribution in [0.1, 0.15) is 20.8 Å². The molecule has 0 radical (unpaired) electrons. The van der Waals surface area contributed by atoms with Crippen molar-refractivity contribution in [3.8, 4) is 0 Å². The van der Waals surface area contributed by atoms with E-state index in [9.17, 15) is 0 Å². The van der Waals surface area contributed by atoms with Crippen LogP contribution in [0.25, 0.3) is 0 Å². The van der Waals surface area contributed by atoms with Crippen molar-refractivity contribution in [1.29, 1.82) is 0 Å². The maximum atomic E-state index is 9.13. The largest absolute Gasteiger partial charge is 0.389 e. The van der Waals surface area contributed by atoms with E-state index in [-0.39, 0.29) is 11.6 Å². The number of aliphatic hydroxyl groups excluding tert-OH is 1. The van der Waals surface area contributed by atoms with Gasteiger partial charge in [-0.2, -0.15) is 0 Å². The molecule has 1 heterocycles. The third-order valence-corrected chi connectivity index (χ3v) is 1.46. The van der Waals surface area contributed by atoms with Gasteiger partial charge in [0.25, 0.3) is 0 Å². The Hall–Kier alpha value is -0.770. The van der Waals surface area contributed by atoms with Gasteiger partial charge in [0.05, 0.1) is 12.6 Å². The lowest BCUT2D eigenvalue weighted by Crippen LogP contribution is -2.52. The topological polar surface area (TPSA) is 56.7 Å². The van der Waals surface area contributed by atoms with Gasteiger partial charge in [0, 0.05) is 12.1 Å². The predicted molar refractivity (Wildman–Crippen MR) is 49.2 cm³/mol. The van der Waals surface area contributed by atoms with Gasteiger partial charge in [0.15, 0.2) is 5.96 Å². The molecule has 0 aliphatic carbocycles. The second-order valence-electron chi connectivity index (χ2n) is 4.10. The molecule has 1 atom stereocenters. The van der Waals surface area contributed by atoms with Crippen LogP contribution in [0.15, 0.2) is 4.99 Å². The molecule has 4 heteroatoms. The van der Waals surface area contributed by atoms with E-state index in [0.717, 1.165) is 5.96 Å². The molecule has 1 unspecified atom stereocenters. The minimum Gasteiger partial charge on any atom is -0.389 e. The number of aliphatic hydroxyl groups is 1. The summed E-state index contributed by atoms with van der Waals surface area (Å²) >= 11 is 0. The number of hydrogen-bond donors (Lipinski definition) is 3. The smallest absolute Gasteiger partial charge is 0.191 e. The summed E-state index contributed by atoms with van der Waals surface area (Å²) in [6, 6.07) is 0. The van der Waals surface area contributed by atoms with Gasteiger partial charge >= 0.3 is 0 Å². The molecule has 1 aliphatic rings. The van der Waals surface area contributed by atoms with Crippen LogP contribution in [0.4, 0.5) is 0 Å².